The molecular weight excluding hydrogens is 290 g/mol. The summed E-state index contributed by atoms with van der Waals surface area (Å²) in [6.07, 6.45) is 1.94. The minimum absolute atomic E-state index is 0.00580. The summed E-state index contributed by atoms with van der Waals surface area (Å²) in [7, 11) is 0. The van der Waals surface area contributed by atoms with Crippen LogP contribution in [0.1, 0.15) is 38.2 Å². The van der Waals surface area contributed by atoms with E-state index >= 15 is 0 Å². The number of rotatable bonds is 6. The highest BCUT2D eigenvalue weighted by Gasteiger charge is 2.32. The summed E-state index contributed by atoms with van der Waals surface area (Å²) in [6, 6.07) is 3.66. The first-order chi connectivity index (χ1) is 10.5. The van der Waals surface area contributed by atoms with Crippen LogP contribution in [0.3, 0.4) is 0 Å². The van der Waals surface area contributed by atoms with E-state index in [1.54, 1.807) is 0 Å². The van der Waals surface area contributed by atoms with Crippen molar-refractivity contribution in [1.82, 2.24) is 10.2 Å². The molecule has 0 saturated carbocycles. The first-order valence-corrected chi connectivity index (χ1v) is 7.52. The molecule has 4 nitrogen and oxygen atoms in total. The maximum absolute atomic E-state index is 13.7. The smallest absolute Gasteiger partial charge is 0.223 e. The van der Waals surface area contributed by atoms with Gasteiger partial charge < -0.3 is 10.2 Å². The maximum atomic E-state index is 13.7. The van der Waals surface area contributed by atoms with Crippen LogP contribution < -0.4 is 5.32 Å². The summed E-state index contributed by atoms with van der Waals surface area (Å²) in [5, 5.41) is 2.77. The predicted molar refractivity (Wildman–Crippen MR) is 77.8 cm³/mol. The molecule has 0 spiro atoms. The van der Waals surface area contributed by atoms with Crippen LogP contribution in [0.15, 0.2) is 18.2 Å². The number of hydrogen-bond donors (Lipinski definition) is 1. The molecule has 120 valence electrons. The van der Waals surface area contributed by atoms with E-state index in [0.717, 1.165) is 12.5 Å². The van der Waals surface area contributed by atoms with E-state index in [2.05, 4.69) is 5.32 Å². The highest BCUT2D eigenvalue weighted by atomic mass is 19.2. The summed E-state index contributed by atoms with van der Waals surface area (Å²) < 4.78 is 27.0. The van der Waals surface area contributed by atoms with Crippen molar-refractivity contribution in [2.45, 2.75) is 45.2 Å². The third kappa shape index (κ3) is 3.81. The number of benzene rings is 1. The first kappa shape index (κ1) is 16.4. The van der Waals surface area contributed by atoms with E-state index in [-0.39, 0.29) is 36.4 Å². The molecule has 0 bridgehead atoms. The number of carbonyl (C=O) groups excluding carboxylic acids is 2. The van der Waals surface area contributed by atoms with Crippen molar-refractivity contribution in [3.8, 4) is 0 Å². The van der Waals surface area contributed by atoms with Crippen LogP contribution in [0.4, 0.5) is 8.78 Å². The second-order valence-electron chi connectivity index (χ2n) is 5.48. The van der Waals surface area contributed by atoms with Crippen molar-refractivity contribution >= 4 is 11.8 Å². The third-order valence-electron chi connectivity index (χ3n) is 3.82. The Morgan fingerprint density at radius 1 is 1.41 bits per heavy atom. The van der Waals surface area contributed by atoms with E-state index in [9.17, 15) is 18.4 Å². The first-order valence-electron chi connectivity index (χ1n) is 7.52. The van der Waals surface area contributed by atoms with Gasteiger partial charge in [0.1, 0.15) is 0 Å². The highest BCUT2D eigenvalue weighted by Crippen LogP contribution is 2.25. The molecule has 0 radical (unpaired) electrons. The van der Waals surface area contributed by atoms with E-state index in [1.165, 1.54) is 17.0 Å². The molecule has 1 heterocycles. The molecule has 0 aliphatic carbocycles. The van der Waals surface area contributed by atoms with Gasteiger partial charge in [-0.1, -0.05) is 19.1 Å². The van der Waals surface area contributed by atoms with E-state index in [1.807, 2.05) is 6.92 Å². The molecular formula is C16H20F2N2O2. The summed E-state index contributed by atoms with van der Waals surface area (Å²) in [5.41, 5.74) is 0.134. The van der Waals surface area contributed by atoms with Gasteiger partial charge in [-0.3, -0.25) is 9.59 Å². The van der Waals surface area contributed by atoms with E-state index in [0.29, 0.717) is 19.4 Å². The molecule has 1 aliphatic heterocycles. The molecule has 2 amide bonds. The fourth-order valence-electron chi connectivity index (χ4n) is 2.63. The van der Waals surface area contributed by atoms with Gasteiger partial charge in [0.2, 0.25) is 11.8 Å². The lowest BCUT2D eigenvalue weighted by atomic mass is 10.1. The normalized spacial score (nSPS) is 17.9. The quantitative estimate of drug-likeness (QED) is 0.877. The van der Waals surface area contributed by atoms with Crippen molar-refractivity contribution < 1.29 is 18.4 Å². The van der Waals surface area contributed by atoms with Crippen molar-refractivity contribution in [2.24, 2.45) is 0 Å². The van der Waals surface area contributed by atoms with Gasteiger partial charge in [-0.25, -0.2) is 8.78 Å². The molecule has 1 aliphatic rings. The Morgan fingerprint density at radius 3 is 2.91 bits per heavy atom. The van der Waals surface area contributed by atoms with Gasteiger partial charge in [0.25, 0.3) is 0 Å². The van der Waals surface area contributed by atoms with Gasteiger partial charge in [0, 0.05) is 37.5 Å². The lowest BCUT2D eigenvalue weighted by Crippen LogP contribution is -2.37. The monoisotopic (exact) mass is 310 g/mol. The van der Waals surface area contributed by atoms with Crippen LogP contribution in [0.25, 0.3) is 0 Å². The number of likely N-dealkylation sites (tertiary alicyclic amines) is 1. The zero-order valence-electron chi connectivity index (χ0n) is 12.6. The van der Waals surface area contributed by atoms with Gasteiger partial charge in [-0.15, -0.1) is 0 Å². The molecule has 1 N–H and O–H groups in total. The van der Waals surface area contributed by atoms with Crippen LogP contribution in [-0.2, 0) is 16.1 Å². The van der Waals surface area contributed by atoms with Gasteiger partial charge in [-0.2, -0.15) is 0 Å². The molecule has 1 saturated heterocycles. The molecule has 1 aromatic rings. The lowest BCUT2D eigenvalue weighted by Gasteiger charge is -2.24. The molecule has 1 atom stereocenters. The van der Waals surface area contributed by atoms with Crippen LogP contribution in [0.2, 0.25) is 0 Å². The van der Waals surface area contributed by atoms with Crippen molar-refractivity contribution in [1.29, 1.82) is 0 Å². The number of halogens is 2. The number of amides is 2. The zero-order chi connectivity index (χ0) is 16.1. The minimum Gasteiger partial charge on any atom is -0.356 e. The molecule has 2 rings (SSSR count). The Hall–Kier alpha value is -1.98. The Kier molecular flexibility index (Phi) is 5.46. The van der Waals surface area contributed by atoms with Crippen molar-refractivity contribution in [2.75, 3.05) is 6.54 Å². The fraction of sp³-hybridized carbons (Fsp3) is 0.500. The van der Waals surface area contributed by atoms with Gasteiger partial charge >= 0.3 is 0 Å². The van der Waals surface area contributed by atoms with Crippen LogP contribution in [0.5, 0.6) is 0 Å². The SMILES string of the molecule is CCCNC(=O)CC1CCC(=O)N1Cc1cccc(F)c1F. The average molecular weight is 310 g/mol. The van der Waals surface area contributed by atoms with E-state index in [4.69, 9.17) is 0 Å². The molecule has 0 aromatic heterocycles. The topological polar surface area (TPSA) is 49.4 Å². The van der Waals surface area contributed by atoms with Gasteiger partial charge in [-0.05, 0) is 18.9 Å². The van der Waals surface area contributed by atoms with Crippen LogP contribution >= 0.6 is 0 Å². The lowest BCUT2D eigenvalue weighted by molar-refractivity contribution is -0.130. The summed E-state index contributed by atoms with van der Waals surface area (Å²) in [5.74, 6) is -2.11. The summed E-state index contributed by atoms with van der Waals surface area (Å²) >= 11 is 0. The Balaban J connectivity index is 2.05. The third-order valence-corrected chi connectivity index (χ3v) is 3.82. The number of hydrogen-bond acceptors (Lipinski definition) is 2. The number of nitrogens with one attached hydrogen (secondary N) is 1. The number of nitrogens with zero attached hydrogens (tertiary/aromatic N) is 1. The van der Waals surface area contributed by atoms with Crippen molar-refractivity contribution in [3.05, 3.63) is 35.4 Å². The van der Waals surface area contributed by atoms with Gasteiger partial charge in [0.05, 0.1) is 0 Å². The Bertz CT molecular complexity index is 563. The fourth-order valence-corrected chi connectivity index (χ4v) is 2.63. The highest BCUT2D eigenvalue weighted by molar-refractivity contribution is 5.82. The molecule has 1 fully saturated rings. The molecule has 6 heteroatoms. The molecule has 1 unspecified atom stereocenters. The second-order valence-corrected chi connectivity index (χ2v) is 5.48. The Labute approximate surface area is 128 Å². The van der Waals surface area contributed by atoms with Crippen molar-refractivity contribution in [3.63, 3.8) is 0 Å². The summed E-state index contributed by atoms with van der Waals surface area (Å²) in [6.45, 7) is 2.55. The molecule has 1 aromatic carbocycles. The largest absolute Gasteiger partial charge is 0.356 e. The van der Waals surface area contributed by atoms with Crippen LogP contribution in [-0.4, -0.2) is 29.3 Å². The Morgan fingerprint density at radius 2 is 2.18 bits per heavy atom. The van der Waals surface area contributed by atoms with E-state index < -0.39 is 11.6 Å². The zero-order valence-corrected chi connectivity index (χ0v) is 12.6. The molecule has 22 heavy (non-hydrogen) atoms. The number of carbonyl (C=O) groups is 2. The second kappa shape index (κ2) is 7.33. The minimum atomic E-state index is -0.934. The summed E-state index contributed by atoms with van der Waals surface area (Å²) in [4.78, 5) is 25.2. The standard InChI is InChI=1S/C16H20F2N2O2/c1-2-8-19-14(21)9-12-6-7-15(22)20(12)10-11-4-3-5-13(17)16(11)18/h3-5,12H,2,6-10H2,1H3,(H,19,21). The van der Waals surface area contributed by atoms with Gasteiger partial charge in [0.15, 0.2) is 11.6 Å². The average Bonchev–Trinajstić information content (AvgIpc) is 2.82. The predicted octanol–water partition coefficient (Wildman–Crippen LogP) is 2.37. The maximum Gasteiger partial charge on any atom is 0.223 e. The van der Waals surface area contributed by atoms with Crippen LogP contribution in [0, 0.1) is 11.6 Å².